The van der Waals surface area contributed by atoms with Crippen molar-refractivity contribution in [2.24, 2.45) is 0 Å². The summed E-state index contributed by atoms with van der Waals surface area (Å²) in [5.74, 6) is 0.436. The van der Waals surface area contributed by atoms with E-state index in [0.29, 0.717) is 10.8 Å². The highest BCUT2D eigenvalue weighted by molar-refractivity contribution is 6.33. The normalized spacial score (nSPS) is 10.0. The van der Waals surface area contributed by atoms with Crippen LogP contribution in [0.3, 0.4) is 0 Å². The van der Waals surface area contributed by atoms with Crippen molar-refractivity contribution in [2.75, 3.05) is 7.11 Å². The van der Waals surface area contributed by atoms with Gasteiger partial charge in [0.15, 0.2) is 11.5 Å². The van der Waals surface area contributed by atoms with Crippen molar-refractivity contribution in [3.8, 4) is 11.5 Å². The molecular formula is C9H11ClO2. The third kappa shape index (κ3) is 1.34. The van der Waals surface area contributed by atoms with E-state index in [1.165, 1.54) is 7.11 Å². The first-order valence-corrected chi connectivity index (χ1v) is 3.98. The summed E-state index contributed by atoms with van der Waals surface area (Å²) in [4.78, 5) is 0. The number of phenols is 1. The highest BCUT2D eigenvalue weighted by Crippen LogP contribution is 2.37. The Morgan fingerprint density at radius 1 is 1.42 bits per heavy atom. The third-order valence-electron chi connectivity index (χ3n) is 1.91. The summed E-state index contributed by atoms with van der Waals surface area (Å²) in [7, 11) is 1.48. The van der Waals surface area contributed by atoms with Crippen LogP contribution in [0.15, 0.2) is 6.07 Å². The molecule has 0 bridgehead atoms. The molecule has 1 rings (SSSR count). The molecule has 0 saturated heterocycles. The third-order valence-corrected chi connectivity index (χ3v) is 2.37. The van der Waals surface area contributed by atoms with E-state index in [4.69, 9.17) is 16.3 Å². The van der Waals surface area contributed by atoms with Gasteiger partial charge in [-0.1, -0.05) is 11.6 Å². The summed E-state index contributed by atoms with van der Waals surface area (Å²) >= 11 is 5.92. The molecule has 66 valence electrons. The van der Waals surface area contributed by atoms with Crippen molar-refractivity contribution in [3.63, 3.8) is 0 Å². The molecule has 0 aliphatic heterocycles. The second kappa shape index (κ2) is 3.23. The van der Waals surface area contributed by atoms with Gasteiger partial charge in [-0.3, -0.25) is 0 Å². The number of hydrogen-bond acceptors (Lipinski definition) is 2. The predicted octanol–water partition coefficient (Wildman–Crippen LogP) is 2.67. The molecular weight excluding hydrogens is 176 g/mol. The quantitative estimate of drug-likeness (QED) is 0.731. The topological polar surface area (TPSA) is 29.5 Å². The summed E-state index contributed by atoms with van der Waals surface area (Å²) in [6, 6.07) is 1.64. The Kier molecular flexibility index (Phi) is 2.48. The molecule has 0 spiro atoms. The SMILES string of the molecule is COc1c(O)cc(C)c(C)c1Cl. The second-order valence-corrected chi connectivity index (χ2v) is 3.06. The van der Waals surface area contributed by atoms with E-state index < -0.39 is 0 Å². The van der Waals surface area contributed by atoms with Crippen molar-refractivity contribution in [1.82, 2.24) is 0 Å². The first kappa shape index (κ1) is 9.20. The summed E-state index contributed by atoms with van der Waals surface area (Å²) in [6.07, 6.45) is 0. The monoisotopic (exact) mass is 186 g/mol. The molecule has 3 heteroatoms. The summed E-state index contributed by atoms with van der Waals surface area (Å²) in [6.45, 7) is 3.78. The van der Waals surface area contributed by atoms with Gasteiger partial charge in [0.1, 0.15) is 0 Å². The Morgan fingerprint density at radius 3 is 2.50 bits per heavy atom. The Balaban J connectivity index is 3.40. The van der Waals surface area contributed by atoms with Gasteiger partial charge in [-0.2, -0.15) is 0 Å². The van der Waals surface area contributed by atoms with E-state index >= 15 is 0 Å². The zero-order valence-corrected chi connectivity index (χ0v) is 8.07. The number of hydrogen-bond donors (Lipinski definition) is 1. The molecule has 1 aromatic rings. The molecule has 0 atom stereocenters. The van der Waals surface area contributed by atoms with E-state index in [2.05, 4.69) is 0 Å². The van der Waals surface area contributed by atoms with Gasteiger partial charge in [0.05, 0.1) is 12.1 Å². The maximum absolute atomic E-state index is 9.39. The summed E-state index contributed by atoms with van der Waals surface area (Å²) in [5.41, 5.74) is 1.89. The molecule has 0 fully saturated rings. The minimum Gasteiger partial charge on any atom is -0.504 e. The van der Waals surface area contributed by atoms with Crippen molar-refractivity contribution >= 4 is 11.6 Å². The minimum absolute atomic E-state index is 0.0885. The molecule has 0 amide bonds. The van der Waals surface area contributed by atoms with E-state index in [1.807, 2.05) is 13.8 Å². The zero-order valence-electron chi connectivity index (χ0n) is 7.31. The van der Waals surface area contributed by atoms with Crippen LogP contribution in [-0.2, 0) is 0 Å². The van der Waals surface area contributed by atoms with Crippen molar-refractivity contribution < 1.29 is 9.84 Å². The fraction of sp³-hybridized carbons (Fsp3) is 0.333. The first-order valence-electron chi connectivity index (χ1n) is 3.60. The van der Waals surface area contributed by atoms with Crippen LogP contribution in [0.4, 0.5) is 0 Å². The predicted molar refractivity (Wildman–Crippen MR) is 49.1 cm³/mol. The number of methoxy groups -OCH3 is 1. The fourth-order valence-electron chi connectivity index (χ4n) is 1.03. The number of aryl methyl sites for hydroxylation is 1. The highest BCUT2D eigenvalue weighted by Gasteiger charge is 2.11. The van der Waals surface area contributed by atoms with Gasteiger partial charge in [-0.15, -0.1) is 0 Å². The summed E-state index contributed by atoms with van der Waals surface area (Å²) < 4.78 is 4.93. The summed E-state index contributed by atoms with van der Waals surface area (Å²) in [5, 5.41) is 9.87. The van der Waals surface area contributed by atoms with Crippen LogP contribution < -0.4 is 4.74 Å². The van der Waals surface area contributed by atoms with Crippen molar-refractivity contribution in [2.45, 2.75) is 13.8 Å². The second-order valence-electron chi connectivity index (χ2n) is 2.68. The van der Waals surface area contributed by atoms with Gasteiger partial charge in [0.25, 0.3) is 0 Å². The number of ether oxygens (including phenoxy) is 1. The smallest absolute Gasteiger partial charge is 0.179 e. The number of benzene rings is 1. The zero-order chi connectivity index (χ0) is 9.30. The molecule has 0 unspecified atom stereocenters. The largest absolute Gasteiger partial charge is 0.504 e. The van der Waals surface area contributed by atoms with Gasteiger partial charge < -0.3 is 9.84 Å². The van der Waals surface area contributed by atoms with Gasteiger partial charge in [0.2, 0.25) is 0 Å². The Bertz CT molecular complexity index is 308. The Labute approximate surface area is 76.7 Å². The number of aromatic hydroxyl groups is 1. The highest BCUT2D eigenvalue weighted by atomic mass is 35.5. The lowest BCUT2D eigenvalue weighted by Crippen LogP contribution is -1.90. The van der Waals surface area contributed by atoms with E-state index in [9.17, 15) is 5.11 Å². The molecule has 0 heterocycles. The number of rotatable bonds is 1. The minimum atomic E-state index is 0.0885. The molecule has 0 radical (unpaired) electrons. The molecule has 0 aromatic heterocycles. The van der Waals surface area contributed by atoms with Crippen LogP contribution in [0.1, 0.15) is 11.1 Å². The molecule has 12 heavy (non-hydrogen) atoms. The lowest BCUT2D eigenvalue weighted by Gasteiger charge is -2.09. The first-order chi connectivity index (χ1) is 5.57. The molecule has 0 aliphatic rings. The fourth-order valence-corrected chi connectivity index (χ4v) is 1.35. The molecule has 0 aliphatic carbocycles. The van der Waals surface area contributed by atoms with Crippen molar-refractivity contribution in [3.05, 3.63) is 22.2 Å². The van der Waals surface area contributed by atoms with Crippen molar-refractivity contribution in [1.29, 1.82) is 0 Å². The average molecular weight is 187 g/mol. The number of phenolic OH excluding ortho intramolecular Hbond substituents is 1. The molecule has 1 N–H and O–H groups in total. The molecule has 2 nitrogen and oxygen atoms in total. The van der Waals surface area contributed by atoms with E-state index in [0.717, 1.165) is 11.1 Å². The maximum atomic E-state index is 9.39. The Morgan fingerprint density at radius 2 is 2.00 bits per heavy atom. The van der Waals surface area contributed by atoms with Crippen LogP contribution in [0, 0.1) is 13.8 Å². The Hall–Kier alpha value is -0.890. The van der Waals surface area contributed by atoms with Gasteiger partial charge in [-0.05, 0) is 31.0 Å². The van der Waals surface area contributed by atoms with Crippen LogP contribution in [0.25, 0.3) is 0 Å². The van der Waals surface area contributed by atoms with E-state index in [1.54, 1.807) is 6.07 Å². The lowest BCUT2D eigenvalue weighted by atomic mass is 10.1. The van der Waals surface area contributed by atoms with Crippen LogP contribution in [-0.4, -0.2) is 12.2 Å². The average Bonchev–Trinajstić information content (AvgIpc) is 2.01. The standard InChI is InChI=1S/C9H11ClO2/c1-5-4-7(11)9(12-3)8(10)6(5)2/h4,11H,1-3H3. The van der Waals surface area contributed by atoms with Gasteiger partial charge in [-0.25, -0.2) is 0 Å². The maximum Gasteiger partial charge on any atom is 0.179 e. The lowest BCUT2D eigenvalue weighted by molar-refractivity contribution is 0.373. The van der Waals surface area contributed by atoms with Gasteiger partial charge >= 0.3 is 0 Å². The van der Waals surface area contributed by atoms with Crippen LogP contribution in [0.2, 0.25) is 5.02 Å². The van der Waals surface area contributed by atoms with E-state index in [-0.39, 0.29) is 5.75 Å². The molecule has 1 aromatic carbocycles. The van der Waals surface area contributed by atoms with Crippen LogP contribution >= 0.6 is 11.6 Å². The molecule has 0 saturated carbocycles. The van der Waals surface area contributed by atoms with Crippen LogP contribution in [0.5, 0.6) is 11.5 Å². The van der Waals surface area contributed by atoms with Gasteiger partial charge in [0, 0.05) is 0 Å². The number of halogens is 1.